The van der Waals surface area contributed by atoms with E-state index in [0.717, 1.165) is 36.9 Å². The van der Waals surface area contributed by atoms with Crippen molar-refractivity contribution in [1.82, 2.24) is 0 Å². The summed E-state index contributed by atoms with van der Waals surface area (Å²) in [5, 5.41) is 2.87. The summed E-state index contributed by atoms with van der Waals surface area (Å²) in [7, 11) is 0. The number of carbonyl (C=O) groups is 1. The van der Waals surface area contributed by atoms with Gasteiger partial charge in [-0.05, 0) is 56.7 Å². The smallest absolute Gasteiger partial charge is 0.237 e. The topological polar surface area (TPSA) is 41.6 Å². The van der Waals surface area contributed by atoms with Gasteiger partial charge in [-0.3, -0.25) is 4.79 Å². The Morgan fingerprint density at radius 2 is 1.81 bits per heavy atom. The summed E-state index contributed by atoms with van der Waals surface area (Å²) >= 11 is 1.60. The SMILES string of the molecule is Cc1ccc(C)c(SC(C)C(=O)Nc2ccc(N3CCOCC3)cc2)c1. The Labute approximate surface area is 159 Å². The fourth-order valence-electron chi connectivity index (χ4n) is 2.90. The number of nitrogens with zero attached hydrogens (tertiary/aromatic N) is 1. The Bertz CT molecular complexity index is 755. The molecule has 0 spiro atoms. The molecular formula is C21H26N2O2S. The van der Waals surface area contributed by atoms with Crippen LogP contribution in [-0.4, -0.2) is 37.5 Å². The van der Waals surface area contributed by atoms with Gasteiger partial charge < -0.3 is 15.0 Å². The molecule has 1 saturated heterocycles. The van der Waals surface area contributed by atoms with Crippen LogP contribution in [0, 0.1) is 13.8 Å². The molecule has 0 aliphatic carbocycles. The average molecular weight is 371 g/mol. The van der Waals surface area contributed by atoms with Crippen molar-refractivity contribution >= 4 is 29.0 Å². The molecule has 1 amide bonds. The van der Waals surface area contributed by atoms with Crippen molar-refractivity contribution in [2.45, 2.75) is 30.9 Å². The highest BCUT2D eigenvalue weighted by molar-refractivity contribution is 8.00. The van der Waals surface area contributed by atoms with Crippen LogP contribution in [-0.2, 0) is 9.53 Å². The monoisotopic (exact) mass is 370 g/mol. The molecule has 3 rings (SSSR count). The highest BCUT2D eigenvalue weighted by Gasteiger charge is 2.16. The van der Waals surface area contributed by atoms with Crippen LogP contribution in [0.3, 0.4) is 0 Å². The van der Waals surface area contributed by atoms with Gasteiger partial charge in [0.25, 0.3) is 0 Å². The van der Waals surface area contributed by atoms with Gasteiger partial charge in [0.2, 0.25) is 5.91 Å². The molecule has 1 heterocycles. The highest BCUT2D eigenvalue weighted by Crippen LogP contribution is 2.28. The van der Waals surface area contributed by atoms with E-state index in [1.165, 1.54) is 16.8 Å². The maximum Gasteiger partial charge on any atom is 0.237 e. The normalized spacial score (nSPS) is 15.6. The molecular weight excluding hydrogens is 344 g/mol. The van der Waals surface area contributed by atoms with Crippen molar-refractivity contribution in [3.63, 3.8) is 0 Å². The van der Waals surface area contributed by atoms with Crippen LogP contribution < -0.4 is 10.2 Å². The van der Waals surface area contributed by atoms with Crippen molar-refractivity contribution in [1.29, 1.82) is 0 Å². The second-order valence-corrected chi connectivity index (χ2v) is 8.05. The number of thioether (sulfide) groups is 1. The minimum atomic E-state index is -0.158. The van der Waals surface area contributed by atoms with Gasteiger partial charge in [0.05, 0.1) is 18.5 Å². The predicted octanol–water partition coefficient (Wildman–Crippen LogP) is 4.26. The summed E-state index contributed by atoms with van der Waals surface area (Å²) in [4.78, 5) is 16.0. The lowest BCUT2D eigenvalue weighted by atomic mass is 10.2. The van der Waals surface area contributed by atoms with Crippen LogP contribution in [0.2, 0.25) is 0 Å². The van der Waals surface area contributed by atoms with E-state index in [1.807, 2.05) is 19.1 Å². The summed E-state index contributed by atoms with van der Waals surface area (Å²) in [6, 6.07) is 14.4. The number of morpholine rings is 1. The summed E-state index contributed by atoms with van der Waals surface area (Å²) in [6.45, 7) is 9.46. The molecule has 1 atom stereocenters. The molecule has 2 aromatic carbocycles. The van der Waals surface area contributed by atoms with Gasteiger partial charge in [0.15, 0.2) is 0 Å². The molecule has 26 heavy (non-hydrogen) atoms. The molecule has 0 aromatic heterocycles. The van der Waals surface area contributed by atoms with Crippen molar-refractivity contribution in [3.05, 3.63) is 53.6 Å². The van der Waals surface area contributed by atoms with Gasteiger partial charge >= 0.3 is 0 Å². The number of hydrogen-bond donors (Lipinski definition) is 1. The third-order valence-corrected chi connectivity index (χ3v) is 5.79. The van der Waals surface area contributed by atoms with Crippen LogP contribution in [0.4, 0.5) is 11.4 Å². The Morgan fingerprint density at radius 3 is 2.50 bits per heavy atom. The van der Waals surface area contributed by atoms with Crippen LogP contribution in [0.15, 0.2) is 47.4 Å². The van der Waals surface area contributed by atoms with Crippen molar-refractivity contribution in [2.24, 2.45) is 0 Å². The highest BCUT2D eigenvalue weighted by atomic mass is 32.2. The van der Waals surface area contributed by atoms with E-state index >= 15 is 0 Å². The Kier molecular flexibility index (Phi) is 6.22. The van der Waals surface area contributed by atoms with E-state index in [1.54, 1.807) is 11.8 Å². The second kappa shape index (κ2) is 8.60. The Hall–Kier alpha value is -1.98. The Morgan fingerprint density at radius 1 is 1.12 bits per heavy atom. The van der Waals surface area contributed by atoms with Gasteiger partial charge in [-0.1, -0.05) is 17.7 Å². The molecule has 1 N–H and O–H groups in total. The van der Waals surface area contributed by atoms with E-state index in [-0.39, 0.29) is 11.2 Å². The van der Waals surface area contributed by atoms with E-state index in [0.29, 0.717) is 0 Å². The molecule has 0 radical (unpaired) electrons. The molecule has 138 valence electrons. The zero-order valence-electron chi connectivity index (χ0n) is 15.6. The number of hydrogen-bond acceptors (Lipinski definition) is 4. The number of nitrogens with one attached hydrogen (secondary N) is 1. The van der Waals surface area contributed by atoms with Crippen molar-refractivity contribution < 1.29 is 9.53 Å². The maximum atomic E-state index is 12.5. The minimum absolute atomic E-state index is 0.0232. The first-order valence-corrected chi connectivity index (χ1v) is 9.88. The molecule has 0 saturated carbocycles. The van der Waals surface area contributed by atoms with E-state index in [4.69, 9.17) is 4.74 Å². The minimum Gasteiger partial charge on any atom is -0.378 e. The number of ether oxygens (including phenoxy) is 1. The van der Waals surface area contributed by atoms with Crippen LogP contribution in [0.25, 0.3) is 0 Å². The lowest BCUT2D eigenvalue weighted by molar-refractivity contribution is -0.115. The summed E-state index contributed by atoms with van der Waals surface area (Å²) in [6.07, 6.45) is 0. The molecule has 4 nitrogen and oxygen atoms in total. The lowest BCUT2D eigenvalue weighted by Crippen LogP contribution is -2.36. The molecule has 1 fully saturated rings. The first kappa shape index (κ1) is 18.8. The maximum absolute atomic E-state index is 12.5. The zero-order chi connectivity index (χ0) is 18.5. The fraction of sp³-hybridized carbons (Fsp3) is 0.381. The number of carbonyl (C=O) groups excluding carboxylic acids is 1. The summed E-state index contributed by atoms with van der Waals surface area (Å²) in [5.41, 5.74) is 4.42. The third-order valence-electron chi connectivity index (χ3n) is 4.53. The van der Waals surface area contributed by atoms with Gasteiger partial charge in [-0.25, -0.2) is 0 Å². The lowest BCUT2D eigenvalue weighted by Gasteiger charge is -2.29. The molecule has 1 unspecified atom stereocenters. The average Bonchev–Trinajstić information content (AvgIpc) is 2.66. The fourth-order valence-corrected chi connectivity index (χ4v) is 3.95. The number of rotatable bonds is 5. The largest absolute Gasteiger partial charge is 0.378 e. The van der Waals surface area contributed by atoms with Gasteiger partial charge in [-0.2, -0.15) is 0 Å². The third kappa shape index (κ3) is 4.80. The Balaban J connectivity index is 1.59. The predicted molar refractivity (Wildman–Crippen MR) is 109 cm³/mol. The zero-order valence-corrected chi connectivity index (χ0v) is 16.4. The first-order chi connectivity index (χ1) is 12.5. The van der Waals surface area contributed by atoms with E-state index in [2.05, 4.69) is 54.4 Å². The molecule has 1 aliphatic rings. The quantitative estimate of drug-likeness (QED) is 0.799. The van der Waals surface area contributed by atoms with Crippen molar-refractivity contribution in [2.75, 3.05) is 36.5 Å². The number of amides is 1. The summed E-state index contributed by atoms with van der Waals surface area (Å²) < 4.78 is 5.39. The summed E-state index contributed by atoms with van der Waals surface area (Å²) in [5.74, 6) is 0.0232. The standard InChI is InChI=1S/C21H26N2O2S/c1-15-4-5-16(2)20(14-15)26-17(3)21(24)22-18-6-8-19(9-7-18)23-10-12-25-13-11-23/h4-9,14,17H,10-13H2,1-3H3,(H,22,24). The number of aryl methyl sites for hydroxylation is 2. The van der Waals surface area contributed by atoms with E-state index in [9.17, 15) is 4.79 Å². The first-order valence-electron chi connectivity index (χ1n) is 9.00. The van der Waals surface area contributed by atoms with Gasteiger partial charge in [0, 0.05) is 29.4 Å². The number of benzene rings is 2. The molecule has 0 bridgehead atoms. The van der Waals surface area contributed by atoms with Gasteiger partial charge in [-0.15, -0.1) is 11.8 Å². The van der Waals surface area contributed by atoms with Crippen LogP contribution in [0.1, 0.15) is 18.1 Å². The number of anilines is 2. The van der Waals surface area contributed by atoms with Crippen LogP contribution >= 0.6 is 11.8 Å². The molecule has 2 aromatic rings. The van der Waals surface area contributed by atoms with Crippen LogP contribution in [0.5, 0.6) is 0 Å². The van der Waals surface area contributed by atoms with Gasteiger partial charge in [0.1, 0.15) is 0 Å². The molecule has 5 heteroatoms. The van der Waals surface area contributed by atoms with Crippen molar-refractivity contribution in [3.8, 4) is 0 Å². The van der Waals surface area contributed by atoms with E-state index < -0.39 is 0 Å². The molecule has 1 aliphatic heterocycles. The second-order valence-electron chi connectivity index (χ2n) is 6.66.